The Hall–Kier alpha value is -1.91. The fourth-order valence-corrected chi connectivity index (χ4v) is 4.63. The van der Waals surface area contributed by atoms with Crippen molar-refractivity contribution < 1.29 is 28.8 Å². The van der Waals surface area contributed by atoms with E-state index < -0.39 is 18.4 Å². The van der Waals surface area contributed by atoms with Crippen LogP contribution in [0.4, 0.5) is 0 Å². The molecule has 3 saturated heterocycles. The summed E-state index contributed by atoms with van der Waals surface area (Å²) < 4.78 is 30.2. The third-order valence-electron chi connectivity index (χ3n) is 6.18. The number of benzene rings is 1. The number of hydrogen-bond donors (Lipinski definition) is 2. The monoisotopic (exact) mass is 405 g/mol. The van der Waals surface area contributed by atoms with Crippen molar-refractivity contribution in [2.45, 2.75) is 49.5 Å². The van der Waals surface area contributed by atoms with Crippen molar-refractivity contribution in [3.63, 3.8) is 0 Å². The van der Waals surface area contributed by atoms with Crippen LogP contribution >= 0.6 is 0 Å². The minimum atomic E-state index is -0.686. The summed E-state index contributed by atoms with van der Waals surface area (Å²) in [4.78, 5) is 4.50. The van der Waals surface area contributed by atoms with Crippen LogP contribution in [0, 0.1) is 0 Å². The number of hydrogen-bond acceptors (Lipinski definition) is 8. The van der Waals surface area contributed by atoms with Gasteiger partial charge in [-0.3, -0.25) is 0 Å². The maximum Gasteiger partial charge on any atom is 0.181 e. The highest BCUT2D eigenvalue weighted by Gasteiger charge is 2.51. The van der Waals surface area contributed by atoms with Gasteiger partial charge in [0.1, 0.15) is 12.1 Å². The van der Waals surface area contributed by atoms with Gasteiger partial charge in [-0.15, -0.1) is 0 Å². The molecule has 0 saturated carbocycles. The molecule has 4 heterocycles. The van der Waals surface area contributed by atoms with Crippen molar-refractivity contribution in [1.82, 2.24) is 14.9 Å². The second kappa shape index (κ2) is 7.73. The molecule has 3 fully saturated rings. The first-order valence-electron chi connectivity index (χ1n) is 10.1. The van der Waals surface area contributed by atoms with Crippen LogP contribution in [-0.2, 0) is 14.2 Å². The van der Waals surface area contributed by atoms with Crippen LogP contribution in [0.25, 0.3) is 11.0 Å². The number of imidazole rings is 1. The lowest BCUT2D eigenvalue weighted by Crippen LogP contribution is -2.60. The molecular formula is C20H27N3O6. The molecule has 29 heavy (non-hydrogen) atoms. The number of ether oxygens (including phenoxy) is 5. The lowest BCUT2D eigenvalue weighted by molar-refractivity contribution is -0.166. The predicted molar refractivity (Wildman–Crippen MR) is 103 cm³/mol. The first-order valence-corrected chi connectivity index (χ1v) is 10.1. The third kappa shape index (κ3) is 3.27. The summed E-state index contributed by atoms with van der Waals surface area (Å²) in [5.41, 5.74) is 1.58. The molecule has 2 bridgehead atoms. The van der Waals surface area contributed by atoms with Crippen LogP contribution in [0.5, 0.6) is 11.5 Å². The van der Waals surface area contributed by atoms with E-state index in [4.69, 9.17) is 23.7 Å². The van der Waals surface area contributed by atoms with Crippen LogP contribution in [0.2, 0.25) is 0 Å². The lowest BCUT2D eigenvalue weighted by Gasteiger charge is -2.41. The molecule has 0 aliphatic carbocycles. The van der Waals surface area contributed by atoms with Crippen LogP contribution in [0.1, 0.15) is 18.9 Å². The van der Waals surface area contributed by atoms with E-state index >= 15 is 0 Å². The normalized spacial score (nSPS) is 32.6. The van der Waals surface area contributed by atoms with E-state index in [1.165, 1.54) is 0 Å². The van der Waals surface area contributed by atoms with Gasteiger partial charge in [0, 0.05) is 31.4 Å². The van der Waals surface area contributed by atoms with Gasteiger partial charge in [0.2, 0.25) is 0 Å². The van der Waals surface area contributed by atoms with E-state index in [1.807, 2.05) is 16.7 Å². The number of aromatic nitrogens is 2. The van der Waals surface area contributed by atoms with Gasteiger partial charge in [0.15, 0.2) is 17.8 Å². The zero-order valence-corrected chi connectivity index (χ0v) is 16.6. The molecule has 2 aromatic rings. The van der Waals surface area contributed by atoms with Crippen molar-refractivity contribution in [1.29, 1.82) is 0 Å². The van der Waals surface area contributed by atoms with Crippen molar-refractivity contribution >= 4 is 11.0 Å². The molecule has 3 aliphatic heterocycles. The molecule has 1 aromatic carbocycles. The van der Waals surface area contributed by atoms with E-state index in [0.717, 1.165) is 37.1 Å². The van der Waals surface area contributed by atoms with Gasteiger partial charge in [-0.1, -0.05) is 0 Å². The van der Waals surface area contributed by atoms with Gasteiger partial charge >= 0.3 is 0 Å². The van der Waals surface area contributed by atoms with E-state index in [0.29, 0.717) is 24.1 Å². The van der Waals surface area contributed by atoms with E-state index in [2.05, 4.69) is 10.3 Å². The molecule has 0 spiro atoms. The highest BCUT2D eigenvalue weighted by atomic mass is 16.7. The van der Waals surface area contributed by atoms with Crippen molar-refractivity contribution in [3.05, 3.63) is 18.5 Å². The smallest absolute Gasteiger partial charge is 0.181 e. The average Bonchev–Trinajstić information content (AvgIpc) is 3.37. The Labute approximate surface area is 168 Å². The van der Waals surface area contributed by atoms with E-state index in [9.17, 15) is 5.11 Å². The average molecular weight is 405 g/mol. The van der Waals surface area contributed by atoms with Gasteiger partial charge in [-0.2, -0.15) is 0 Å². The number of methoxy groups -OCH3 is 2. The predicted octanol–water partition coefficient (Wildman–Crippen LogP) is 0.848. The number of aliphatic hydroxyl groups excluding tert-OH is 1. The maximum absolute atomic E-state index is 11.3. The maximum atomic E-state index is 11.3. The molecule has 2 N–H and O–H groups in total. The Morgan fingerprint density at radius 2 is 1.93 bits per heavy atom. The first kappa shape index (κ1) is 19.1. The molecule has 0 amide bonds. The molecule has 0 radical (unpaired) electrons. The van der Waals surface area contributed by atoms with Crippen LogP contribution in [-0.4, -0.2) is 79.3 Å². The third-order valence-corrected chi connectivity index (χ3v) is 6.18. The van der Waals surface area contributed by atoms with Gasteiger partial charge in [-0.25, -0.2) is 4.98 Å². The van der Waals surface area contributed by atoms with Crippen molar-refractivity contribution in [2.24, 2.45) is 0 Å². The molecule has 0 unspecified atom stereocenters. The second-order valence-electron chi connectivity index (χ2n) is 7.78. The van der Waals surface area contributed by atoms with Gasteiger partial charge < -0.3 is 38.7 Å². The zero-order valence-electron chi connectivity index (χ0n) is 16.6. The minimum absolute atomic E-state index is 0.168. The summed E-state index contributed by atoms with van der Waals surface area (Å²) in [6.45, 7) is 1.94. The Bertz CT molecular complexity index is 867. The fraction of sp³-hybridized carbons (Fsp3) is 0.650. The zero-order chi connectivity index (χ0) is 20.0. The van der Waals surface area contributed by atoms with E-state index in [-0.39, 0.29) is 12.1 Å². The van der Waals surface area contributed by atoms with Crippen LogP contribution in [0.3, 0.4) is 0 Å². The summed E-state index contributed by atoms with van der Waals surface area (Å²) >= 11 is 0. The number of nitrogens with zero attached hydrogens (tertiary/aromatic N) is 2. The lowest BCUT2D eigenvalue weighted by atomic mass is 9.94. The second-order valence-corrected chi connectivity index (χ2v) is 7.78. The minimum Gasteiger partial charge on any atom is -0.493 e. The molecule has 158 valence electrons. The molecule has 5 atom stereocenters. The Balaban J connectivity index is 1.48. The SMILES string of the molecule is COc1cc2ncn([C@H]3[C@@H]4OC[C@@H](O4)[C@@H](NC4CCOCC4)[C@@H]3O)c2cc1OC. The Morgan fingerprint density at radius 1 is 1.17 bits per heavy atom. The van der Waals surface area contributed by atoms with Crippen molar-refractivity contribution in [2.75, 3.05) is 34.0 Å². The molecule has 9 heteroatoms. The van der Waals surface area contributed by atoms with Crippen LogP contribution in [0.15, 0.2) is 18.5 Å². The van der Waals surface area contributed by atoms with Crippen molar-refractivity contribution in [3.8, 4) is 11.5 Å². The number of nitrogens with one attached hydrogen (secondary N) is 1. The quantitative estimate of drug-likeness (QED) is 0.756. The highest BCUT2D eigenvalue weighted by Crippen LogP contribution is 2.39. The summed E-state index contributed by atoms with van der Waals surface area (Å²) in [6, 6.07) is 3.36. The van der Waals surface area contributed by atoms with Gasteiger partial charge in [-0.05, 0) is 12.8 Å². The topological polar surface area (TPSA) is 96.2 Å². The molecule has 1 aromatic heterocycles. The van der Waals surface area contributed by atoms with Crippen LogP contribution < -0.4 is 14.8 Å². The summed E-state index contributed by atoms with van der Waals surface area (Å²) in [5.74, 6) is 1.22. The van der Waals surface area contributed by atoms with Gasteiger partial charge in [0.25, 0.3) is 0 Å². The Morgan fingerprint density at radius 3 is 2.69 bits per heavy atom. The fourth-order valence-electron chi connectivity index (χ4n) is 4.63. The standard InChI is InChI=1S/C20H27N3O6/c1-25-14-7-12-13(8-15(14)26-2)23(10-21-12)18-19(24)17(16-9-28-20(18)29-16)22-11-3-5-27-6-4-11/h7-8,10-11,16-20,22,24H,3-6,9H2,1-2H3/t16-,17-,18-,19+,20-/m1/s1. The highest BCUT2D eigenvalue weighted by molar-refractivity contribution is 5.80. The number of fused-ring (bicyclic) bond motifs is 3. The van der Waals surface area contributed by atoms with Gasteiger partial charge in [0.05, 0.1) is 50.3 Å². The molecular weight excluding hydrogens is 378 g/mol. The molecule has 9 nitrogen and oxygen atoms in total. The molecule has 5 rings (SSSR count). The summed E-state index contributed by atoms with van der Waals surface area (Å²) in [5, 5.41) is 14.9. The van der Waals surface area contributed by atoms with E-state index in [1.54, 1.807) is 20.5 Å². The summed E-state index contributed by atoms with van der Waals surface area (Å²) in [7, 11) is 3.19. The summed E-state index contributed by atoms with van der Waals surface area (Å²) in [6.07, 6.45) is 2.20. The number of aliphatic hydroxyl groups is 1. The largest absolute Gasteiger partial charge is 0.493 e. The Kier molecular flexibility index (Phi) is 5.09. The molecule has 3 aliphatic rings. The number of rotatable bonds is 5. The first-order chi connectivity index (χ1) is 14.2.